The highest BCUT2D eigenvalue weighted by Crippen LogP contribution is 2.29. The van der Waals surface area contributed by atoms with Crippen molar-refractivity contribution in [1.82, 2.24) is 4.57 Å². The summed E-state index contributed by atoms with van der Waals surface area (Å²) >= 11 is 4.15. The zero-order valence-electron chi connectivity index (χ0n) is 14.2. The summed E-state index contributed by atoms with van der Waals surface area (Å²) in [7, 11) is 1.76. The van der Waals surface area contributed by atoms with E-state index in [0.717, 1.165) is 28.1 Å². The third-order valence-electron chi connectivity index (χ3n) is 3.98. The first-order valence-corrected chi connectivity index (χ1v) is 8.41. The molecule has 0 fully saturated rings. The number of aromatic nitrogens is 1. The first-order valence-electron chi connectivity index (χ1n) is 7.96. The van der Waals surface area contributed by atoms with E-state index in [0.29, 0.717) is 12.2 Å². The van der Waals surface area contributed by atoms with Gasteiger partial charge < -0.3 is 14.0 Å². The second-order valence-corrected chi connectivity index (χ2v) is 6.18. The van der Waals surface area contributed by atoms with E-state index < -0.39 is 0 Å². The molecule has 25 heavy (non-hydrogen) atoms. The van der Waals surface area contributed by atoms with Crippen LogP contribution in [0.25, 0.3) is 11.1 Å². The van der Waals surface area contributed by atoms with Gasteiger partial charge in [-0.15, -0.1) is 0 Å². The Bertz CT molecular complexity index is 910. The van der Waals surface area contributed by atoms with Gasteiger partial charge in [0.25, 0.3) is 5.56 Å². The lowest BCUT2D eigenvalue weighted by Crippen LogP contribution is -2.18. The molecule has 128 valence electrons. The molecule has 1 N–H and O–H groups in total. The number of anilines is 1. The molecular formula is C20H20N2O2S. The number of benzene rings is 2. The molecule has 3 aromatic rings. The van der Waals surface area contributed by atoms with Crippen molar-refractivity contribution in [2.75, 3.05) is 4.72 Å². The number of nitrogens with zero attached hydrogens (tertiary/aromatic N) is 1. The van der Waals surface area contributed by atoms with Crippen LogP contribution < -0.4 is 15.0 Å². The molecule has 0 amide bonds. The first kappa shape index (κ1) is 17.2. The molecule has 0 saturated heterocycles. The third kappa shape index (κ3) is 4.06. The van der Waals surface area contributed by atoms with Gasteiger partial charge in [0.1, 0.15) is 12.4 Å². The molecule has 0 spiro atoms. The molecule has 0 radical (unpaired) electrons. The summed E-state index contributed by atoms with van der Waals surface area (Å²) in [5.41, 5.74) is 4.56. The standard InChI is InChI=1S/C20H20N2O2S/c1-14-8-17(12-22(2)20(14)23)16-9-18(21-25)11-19(10-16)24-13-15-6-4-3-5-7-15/h3-12,21,25H,13H2,1-2H3. The van der Waals surface area contributed by atoms with Crippen molar-refractivity contribution < 1.29 is 4.74 Å². The van der Waals surface area contributed by atoms with Crippen molar-refractivity contribution in [3.63, 3.8) is 0 Å². The fraction of sp³-hybridized carbons (Fsp3) is 0.150. The topological polar surface area (TPSA) is 43.3 Å². The number of aryl methyl sites for hydroxylation is 2. The van der Waals surface area contributed by atoms with Gasteiger partial charge in [-0.1, -0.05) is 43.1 Å². The van der Waals surface area contributed by atoms with Crippen LogP contribution in [0.15, 0.2) is 65.6 Å². The smallest absolute Gasteiger partial charge is 0.253 e. The van der Waals surface area contributed by atoms with Crippen LogP contribution in [0.2, 0.25) is 0 Å². The average molecular weight is 352 g/mol. The number of thiol groups is 1. The summed E-state index contributed by atoms with van der Waals surface area (Å²) in [6.07, 6.45) is 1.83. The third-order valence-corrected chi connectivity index (χ3v) is 4.24. The molecule has 0 aliphatic heterocycles. The monoisotopic (exact) mass is 352 g/mol. The Kier molecular flexibility index (Phi) is 5.14. The Hall–Kier alpha value is -2.66. The van der Waals surface area contributed by atoms with Crippen LogP contribution in [0.4, 0.5) is 5.69 Å². The lowest BCUT2D eigenvalue weighted by atomic mass is 10.0. The van der Waals surface area contributed by atoms with Crippen LogP contribution in [0.3, 0.4) is 0 Å². The minimum atomic E-state index is 0.00720. The lowest BCUT2D eigenvalue weighted by molar-refractivity contribution is 0.306. The SMILES string of the molecule is Cc1cc(-c2cc(NS)cc(OCc3ccccc3)c2)cn(C)c1=O. The van der Waals surface area contributed by atoms with Gasteiger partial charge in [-0.2, -0.15) is 0 Å². The Morgan fingerprint density at radius 3 is 2.52 bits per heavy atom. The van der Waals surface area contributed by atoms with Crippen molar-refractivity contribution in [2.45, 2.75) is 13.5 Å². The summed E-state index contributed by atoms with van der Waals surface area (Å²) in [5.74, 6) is 0.740. The molecule has 1 heterocycles. The summed E-state index contributed by atoms with van der Waals surface area (Å²) < 4.78 is 10.4. The number of hydrogen-bond acceptors (Lipinski definition) is 4. The number of nitrogens with one attached hydrogen (secondary N) is 1. The molecule has 0 bridgehead atoms. The Morgan fingerprint density at radius 2 is 1.84 bits per heavy atom. The predicted molar refractivity (Wildman–Crippen MR) is 105 cm³/mol. The number of hydrogen-bond donors (Lipinski definition) is 2. The van der Waals surface area contributed by atoms with Gasteiger partial charge in [-0.25, -0.2) is 0 Å². The van der Waals surface area contributed by atoms with E-state index in [9.17, 15) is 4.79 Å². The highest BCUT2D eigenvalue weighted by Gasteiger charge is 2.07. The second kappa shape index (κ2) is 7.49. The molecule has 0 atom stereocenters. The van der Waals surface area contributed by atoms with Gasteiger partial charge >= 0.3 is 0 Å². The lowest BCUT2D eigenvalue weighted by Gasteiger charge is -2.12. The van der Waals surface area contributed by atoms with Crippen molar-refractivity contribution >= 4 is 18.5 Å². The zero-order valence-corrected chi connectivity index (χ0v) is 15.1. The van der Waals surface area contributed by atoms with E-state index in [1.165, 1.54) is 0 Å². The highest BCUT2D eigenvalue weighted by atomic mass is 32.1. The normalized spacial score (nSPS) is 10.5. The summed E-state index contributed by atoms with van der Waals surface area (Å²) in [4.78, 5) is 11.9. The predicted octanol–water partition coefficient (Wildman–Crippen LogP) is 4.20. The van der Waals surface area contributed by atoms with Crippen molar-refractivity contribution in [3.8, 4) is 16.9 Å². The maximum Gasteiger partial charge on any atom is 0.253 e. The Labute approximate surface area is 152 Å². The summed E-state index contributed by atoms with van der Waals surface area (Å²) in [6, 6.07) is 17.7. The van der Waals surface area contributed by atoms with E-state index >= 15 is 0 Å². The maximum atomic E-state index is 11.9. The van der Waals surface area contributed by atoms with Crippen LogP contribution in [0.5, 0.6) is 5.75 Å². The van der Waals surface area contributed by atoms with Gasteiger partial charge in [0.05, 0.1) is 0 Å². The maximum absolute atomic E-state index is 11.9. The molecule has 4 nitrogen and oxygen atoms in total. The van der Waals surface area contributed by atoms with Crippen molar-refractivity contribution in [1.29, 1.82) is 0 Å². The zero-order chi connectivity index (χ0) is 17.8. The Balaban J connectivity index is 1.94. The van der Waals surface area contributed by atoms with Crippen LogP contribution in [-0.4, -0.2) is 4.57 Å². The molecule has 3 rings (SSSR count). The van der Waals surface area contributed by atoms with Gasteiger partial charge in [0.15, 0.2) is 0 Å². The van der Waals surface area contributed by atoms with Gasteiger partial charge in [0.2, 0.25) is 0 Å². The molecule has 5 heteroatoms. The van der Waals surface area contributed by atoms with Gasteiger partial charge in [-0.3, -0.25) is 4.79 Å². The van der Waals surface area contributed by atoms with E-state index in [2.05, 4.69) is 17.5 Å². The van der Waals surface area contributed by atoms with E-state index in [-0.39, 0.29) is 5.56 Å². The van der Waals surface area contributed by atoms with Crippen LogP contribution >= 0.6 is 12.8 Å². The average Bonchev–Trinajstić information content (AvgIpc) is 2.64. The quantitative estimate of drug-likeness (QED) is 0.677. The number of rotatable bonds is 5. The molecule has 0 saturated carbocycles. The second-order valence-electron chi connectivity index (χ2n) is 5.96. The highest BCUT2D eigenvalue weighted by molar-refractivity contribution is 7.81. The summed E-state index contributed by atoms with van der Waals surface area (Å²) in [5, 5.41) is 0. The van der Waals surface area contributed by atoms with Crippen LogP contribution in [-0.2, 0) is 13.7 Å². The largest absolute Gasteiger partial charge is 0.489 e. The number of pyridine rings is 1. The van der Waals surface area contributed by atoms with Crippen LogP contribution in [0, 0.1) is 6.92 Å². The van der Waals surface area contributed by atoms with Crippen molar-refractivity contribution in [3.05, 3.63) is 82.3 Å². The Morgan fingerprint density at radius 1 is 1.08 bits per heavy atom. The molecule has 0 aliphatic carbocycles. The number of ether oxygens (including phenoxy) is 1. The van der Waals surface area contributed by atoms with Gasteiger partial charge in [-0.05, 0) is 41.8 Å². The van der Waals surface area contributed by atoms with Gasteiger partial charge in [0, 0.05) is 30.6 Å². The minimum Gasteiger partial charge on any atom is -0.489 e. The minimum absolute atomic E-state index is 0.00720. The van der Waals surface area contributed by atoms with Crippen LogP contribution in [0.1, 0.15) is 11.1 Å². The molecule has 1 aromatic heterocycles. The van der Waals surface area contributed by atoms with E-state index in [1.807, 2.05) is 67.7 Å². The van der Waals surface area contributed by atoms with Crippen molar-refractivity contribution in [2.24, 2.45) is 7.05 Å². The fourth-order valence-electron chi connectivity index (χ4n) is 2.69. The molecule has 0 aliphatic rings. The summed E-state index contributed by atoms with van der Waals surface area (Å²) in [6.45, 7) is 2.31. The first-order chi connectivity index (χ1) is 12.1. The van der Waals surface area contributed by atoms with E-state index in [1.54, 1.807) is 11.6 Å². The fourth-order valence-corrected chi connectivity index (χ4v) is 2.82. The van der Waals surface area contributed by atoms with E-state index in [4.69, 9.17) is 4.74 Å². The molecule has 0 unspecified atom stereocenters. The molecular weight excluding hydrogens is 332 g/mol. The molecule has 2 aromatic carbocycles.